The van der Waals surface area contributed by atoms with Gasteiger partial charge in [0, 0.05) is 32.2 Å². The Morgan fingerprint density at radius 1 is 1.23 bits per heavy atom. The largest absolute Gasteiger partial charge is 0.378 e. The molecule has 0 bridgehead atoms. The van der Waals surface area contributed by atoms with E-state index in [1.807, 2.05) is 56.3 Å². The van der Waals surface area contributed by atoms with Crippen LogP contribution >= 0.6 is 11.8 Å². The molecule has 0 radical (unpaired) electrons. The van der Waals surface area contributed by atoms with Crippen molar-refractivity contribution in [1.29, 1.82) is 5.26 Å². The first-order chi connectivity index (χ1) is 12.6. The average molecular weight is 364 g/mol. The zero-order valence-electron chi connectivity index (χ0n) is 15.0. The first-order valence-corrected chi connectivity index (χ1v) is 9.31. The Kier molecular flexibility index (Phi) is 5.01. The lowest BCUT2D eigenvalue weighted by atomic mass is 9.70. The minimum atomic E-state index is -1.18. The van der Waals surface area contributed by atoms with E-state index in [-0.39, 0.29) is 5.91 Å². The molecule has 1 N–H and O–H groups in total. The van der Waals surface area contributed by atoms with Crippen LogP contribution in [0.15, 0.2) is 59.4 Å². The van der Waals surface area contributed by atoms with E-state index in [4.69, 9.17) is 0 Å². The third-order valence-electron chi connectivity index (χ3n) is 4.48. The van der Waals surface area contributed by atoms with Gasteiger partial charge in [-0.25, -0.2) is 0 Å². The number of carbonyl (C=O) groups is 1. The molecule has 0 saturated heterocycles. The van der Waals surface area contributed by atoms with E-state index in [1.54, 1.807) is 18.5 Å². The lowest BCUT2D eigenvalue weighted by molar-refractivity contribution is -0.122. The molecule has 26 heavy (non-hydrogen) atoms. The minimum Gasteiger partial charge on any atom is -0.378 e. The highest BCUT2D eigenvalue weighted by Gasteiger charge is 2.52. The summed E-state index contributed by atoms with van der Waals surface area (Å²) in [7, 11) is 3.93. The van der Waals surface area contributed by atoms with Crippen molar-refractivity contribution >= 4 is 23.4 Å². The SMILES string of the molecule is CCSC1=C(C#N)C(c2ccc(N(C)C)cc2)(c2cccnc2)C(=O)N1. The van der Waals surface area contributed by atoms with Gasteiger partial charge in [-0.3, -0.25) is 9.78 Å². The minimum absolute atomic E-state index is 0.212. The summed E-state index contributed by atoms with van der Waals surface area (Å²) in [6.07, 6.45) is 3.33. The van der Waals surface area contributed by atoms with Crippen molar-refractivity contribution in [2.75, 3.05) is 24.7 Å². The second-order valence-corrected chi connectivity index (χ2v) is 7.41. The van der Waals surface area contributed by atoms with Gasteiger partial charge in [0.1, 0.15) is 5.41 Å². The van der Waals surface area contributed by atoms with Crippen molar-refractivity contribution in [3.8, 4) is 6.07 Å². The number of benzene rings is 1. The second-order valence-electron chi connectivity index (χ2n) is 6.14. The quantitative estimate of drug-likeness (QED) is 0.883. The number of nitrogens with zero attached hydrogens (tertiary/aromatic N) is 3. The van der Waals surface area contributed by atoms with Gasteiger partial charge in [-0.1, -0.05) is 25.1 Å². The third-order valence-corrected chi connectivity index (χ3v) is 5.36. The number of hydrogen-bond donors (Lipinski definition) is 1. The molecule has 2 aromatic rings. The fourth-order valence-corrected chi connectivity index (χ4v) is 4.04. The summed E-state index contributed by atoms with van der Waals surface area (Å²) < 4.78 is 0. The van der Waals surface area contributed by atoms with Crippen LogP contribution in [0.2, 0.25) is 0 Å². The summed E-state index contributed by atoms with van der Waals surface area (Å²) >= 11 is 1.47. The molecule has 3 rings (SSSR count). The molecule has 5 nitrogen and oxygen atoms in total. The van der Waals surface area contributed by atoms with Crippen LogP contribution in [-0.4, -0.2) is 30.7 Å². The molecule has 2 heterocycles. The Balaban J connectivity index is 2.28. The van der Waals surface area contributed by atoms with Gasteiger partial charge >= 0.3 is 0 Å². The number of hydrogen-bond acceptors (Lipinski definition) is 5. The van der Waals surface area contributed by atoms with E-state index in [0.29, 0.717) is 16.2 Å². The molecule has 1 aliphatic rings. The molecule has 1 atom stereocenters. The first-order valence-electron chi connectivity index (χ1n) is 8.33. The Morgan fingerprint density at radius 2 is 1.96 bits per heavy atom. The van der Waals surface area contributed by atoms with E-state index in [2.05, 4.69) is 16.4 Å². The van der Waals surface area contributed by atoms with Crippen molar-refractivity contribution < 1.29 is 4.79 Å². The van der Waals surface area contributed by atoms with Crippen LogP contribution in [0.5, 0.6) is 0 Å². The number of aromatic nitrogens is 1. The topological polar surface area (TPSA) is 69.0 Å². The van der Waals surface area contributed by atoms with Crippen LogP contribution in [-0.2, 0) is 10.2 Å². The summed E-state index contributed by atoms with van der Waals surface area (Å²) in [6.45, 7) is 1.99. The molecule has 6 heteroatoms. The number of rotatable bonds is 5. The van der Waals surface area contributed by atoms with E-state index >= 15 is 0 Å². The fraction of sp³-hybridized carbons (Fsp3) is 0.250. The van der Waals surface area contributed by atoms with Crippen LogP contribution in [0.3, 0.4) is 0 Å². The van der Waals surface area contributed by atoms with Gasteiger partial charge in [0.05, 0.1) is 16.7 Å². The normalized spacial score (nSPS) is 19.2. The Bertz CT molecular complexity index is 884. The maximum atomic E-state index is 13.2. The zero-order valence-corrected chi connectivity index (χ0v) is 15.8. The van der Waals surface area contributed by atoms with Crippen LogP contribution in [0.1, 0.15) is 18.1 Å². The molecule has 1 aromatic heterocycles. The van der Waals surface area contributed by atoms with Crippen molar-refractivity contribution in [1.82, 2.24) is 10.3 Å². The number of pyridine rings is 1. The number of thioether (sulfide) groups is 1. The van der Waals surface area contributed by atoms with Crippen LogP contribution < -0.4 is 10.2 Å². The molecule has 1 amide bonds. The molecular formula is C20H20N4OS. The van der Waals surface area contributed by atoms with Gasteiger partial charge in [-0.2, -0.15) is 5.26 Å². The standard InChI is InChI=1S/C20H20N4OS/c1-4-26-18-17(12-21)20(19(25)23-18,15-6-5-11-22-13-15)14-7-9-16(10-8-14)24(2)3/h5-11,13H,4H2,1-3H3,(H,23,25). The predicted octanol–water partition coefficient (Wildman–Crippen LogP) is 3.05. The molecule has 0 fully saturated rings. The highest BCUT2D eigenvalue weighted by atomic mass is 32.2. The first kappa shape index (κ1) is 18.0. The van der Waals surface area contributed by atoms with Gasteiger partial charge < -0.3 is 10.2 Å². The number of anilines is 1. The van der Waals surface area contributed by atoms with Crippen LogP contribution in [0.4, 0.5) is 5.69 Å². The number of carbonyl (C=O) groups excluding carboxylic acids is 1. The Labute approximate surface area is 157 Å². The molecule has 0 spiro atoms. The fourth-order valence-electron chi connectivity index (χ4n) is 3.24. The molecule has 132 valence electrons. The second kappa shape index (κ2) is 7.22. The van der Waals surface area contributed by atoms with Gasteiger partial charge in [-0.15, -0.1) is 11.8 Å². The smallest absolute Gasteiger partial charge is 0.245 e. The molecule has 1 aromatic carbocycles. The highest BCUT2D eigenvalue weighted by Crippen LogP contribution is 2.46. The highest BCUT2D eigenvalue weighted by molar-refractivity contribution is 8.03. The lowest BCUT2D eigenvalue weighted by Crippen LogP contribution is -2.39. The van der Waals surface area contributed by atoms with Gasteiger partial charge in [0.15, 0.2) is 0 Å². The maximum absolute atomic E-state index is 13.2. The number of amides is 1. The summed E-state index contributed by atoms with van der Waals surface area (Å²) in [6, 6.07) is 13.7. The maximum Gasteiger partial charge on any atom is 0.245 e. The zero-order chi connectivity index (χ0) is 18.7. The molecule has 1 unspecified atom stereocenters. The summed E-state index contributed by atoms with van der Waals surface area (Å²) in [4.78, 5) is 19.4. The van der Waals surface area contributed by atoms with E-state index in [0.717, 1.165) is 17.0 Å². The van der Waals surface area contributed by atoms with Crippen LogP contribution in [0, 0.1) is 11.3 Å². The molecular weight excluding hydrogens is 344 g/mol. The van der Waals surface area contributed by atoms with Crippen molar-refractivity contribution in [2.45, 2.75) is 12.3 Å². The number of nitriles is 1. The van der Waals surface area contributed by atoms with Crippen molar-refractivity contribution in [3.05, 3.63) is 70.5 Å². The van der Waals surface area contributed by atoms with E-state index < -0.39 is 5.41 Å². The van der Waals surface area contributed by atoms with E-state index in [1.165, 1.54) is 11.8 Å². The molecule has 0 saturated carbocycles. The third kappa shape index (κ3) is 2.74. The molecule has 0 aliphatic carbocycles. The van der Waals surface area contributed by atoms with Crippen molar-refractivity contribution in [2.24, 2.45) is 0 Å². The number of nitrogens with one attached hydrogen (secondary N) is 1. The summed E-state index contributed by atoms with van der Waals surface area (Å²) in [5.41, 5.74) is 1.74. The Hall–Kier alpha value is -2.78. The Morgan fingerprint density at radius 3 is 2.50 bits per heavy atom. The monoisotopic (exact) mass is 364 g/mol. The van der Waals surface area contributed by atoms with E-state index in [9.17, 15) is 10.1 Å². The molecule has 1 aliphatic heterocycles. The summed E-state index contributed by atoms with van der Waals surface area (Å²) in [5.74, 6) is 0.555. The summed E-state index contributed by atoms with van der Waals surface area (Å²) in [5, 5.41) is 13.5. The van der Waals surface area contributed by atoms with Crippen molar-refractivity contribution in [3.63, 3.8) is 0 Å². The predicted molar refractivity (Wildman–Crippen MR) is 105 cm³/mol. The lowest BCUT2D eigenvalue weighted by Gasteiger charge is -2.28. The van der Waals surface area contributed by atoms with Gasteiger partial charge in [0.25, 0.3) is 0 Å². The average Bonchev–Trinajstić information content (AvgIpc) is 2.94. The van der Waals surface area contributed by atoms with Gasteiger partial charge in [0.2, 0.25) is 5.91 Å². The van der Waals surface area contributed by atoms with Crippen LogP contribution in [0.25, 0.3) is 0 Å². The van der Waals surface area contributed by atoms with Gasteiger partial charge in [-0.05, 0) is 35.1 Å².